The first kappa shape index (κ1) is 20.6. The number of esters is 2. The number of fused-ring (bicyclic) bond motifs is 1. The molecule has 0 aromatic carbocycles. The van der Waals surface area contributed by atoms with Gasteiger partial charge in [0, 0.05) is 17.6 Å². The van der Waals surface area contributed by atoms with Gasteiger partial charge in [0.15, 0.2) is 0 Å². The van der Waals surface area contributed by atoms with Gasteiger partial charge in [0.2, 0.25) is 0 Å². The van der Waals surface area contributed by atoms with Crippen LogP contribution in [0.4, 0.5) is 0 Å². The van der Waals surface area contributed by atoms with Gasteiger partial charge in [0.1, 0.15) is 17.8 Å². The van der Waals surface area contributed by atoms with Crippen molar-refractivity contribution in [1.29, 1.82) is 0 Å². The van der Waals surface area contributed by atoms with Crippen LogP contribution in [0.5, 0.6) is 0 Å². The standard InChI is InChI=1S/C20H30O6/c1-6-7-8-15(21)9-10-16(22)24-17-13(3)18-20(5,26-14(17)4)11-12(2)19(23)25-18/h9-11,13-15,17-18,21H,6-8H2,1-5H3/b10-9+/t13-,14+,15+,17-,18+,20-/m1/s1. The number of carbonyl (C=O) groups is 2. The quantitative estimate of drug-likeness (QED) is 0.575. The van der Waals surface area contributed by atoms with Crippen LogP contribution in [0.2, 0.25) is 0 Å². The van der Waals surface area contributed by atoms with Crippen LogP contribution >= 0.6 is 0 Å². The van der Waals surface area contributed by atoms with Crippen LogP contribution in [-0.4, -0.2) is 47.1 Å². The van der Waals surface area contributed by atoms with Crippen LogP contribution in [0.3, 0.4) is 0 Å². The summed E-state index contributed by atoms with van der Waals surface area (Å²) in [5.74, 6) is -1.13. The van der Waals surface area contributed by atoms with E-state index in [0.29, 0.717) is 12.0 Å². The molecule has 6 nitrogen and oxygen atoms in total. The Morgan fingerprint density at radius 3 is 2.81 bits per heavy atom. The van der Waals surface area contributed by atoms with E-state index in [1.807, 2.05) is 27.7 Å². The minimum Gasteiger partial charge on any atom is -0.456 e. The molecule has 2 heterocycles. The van der Waals surface area contributed by atoms with Crippen LogP contribution in [-0.2, 0) is 23.8 Å². The summed E-state index contributed by atoms with van der Waals surface area (Å²) in [7, 11) is 0. The van der Waals surface area contributed by atoms with E-state index in [1.165, 1.54) is 12.2 Å². The third kappa shape index (κ3) is 4.54. The average Bonchev–Trinajstić information content (AvgIpc) is 2.57. The highest BCUT2D eigenvalue weighted by molar-refractivity contribution is 5.89. The zero-order valence-electron chi connectivity index (χ0n) is 16.2. The predicted octanol–water partition coefficient (Wildman–Crippen LogP) is 2.69. The van der Waals surface area contributed by atoms with E-state index in [-0.39, 0.29) is 18.0 Å². The molecule has 0 radical (unpaired) electrons. The molecular weight excluding hydrogens is 336 g/mol. The highest BCUT2D eigenvalue weighted by atomic mass is 16.6. The van der Waals surface area contributed by atoms with E-state index < -0.39 is 29.9 Å². The average molecular weight is 366 g/mol. The Morgan fingerprint density at radius 2 is 2.15 bits per heavy atom. The van der Waals surface area contributed by atoms with Gasteiger partial charge in [0.05, 0.1) is 12.2 Å². The van der Waals surface area contributed by atoms with Gasteiger partial charge in [-0.15, -0.1) is 0 Å². The Bertz CT molecular complexity index is 595. The van der Waals surface area contributed by atoms with Crippen molar-refractivity contribution in [1.82, 2.24) is 0 Å². The fraction of sp³-hybridized carbons (Fsp3) is 0.700. The minimum atomic E-state index is -0.730. The van der Waals surface area contributed by atoms with Gasteiger partial charge >= 0.3 is 11.9 Å². The highest BCUT2D eigenvalue weighted by Crippen LogP contribution is 2.41. The molecule has 0 amide bonds. The molecule has 1 N–H and O–H groups in total. The van der Waals surface area contributed by atoms with Gasteiger partial charge in [0.25, 0.3) is 0 Å². The fourth-order valence-corrected chi connectivity index (χ4v) is 3.77. The third-order valence-electron chi connectivity index (χ3n) is 5.08. The molecule has 1 saturated heterocycles. The maximum absolute atomic E-state index is 12.1. The number of aliphatic hydroxyl groups excluding tert-OH is 1. The maximum atomic E-state index is 12.1. The molecule has 26 heavy (non-hydrogen) atoms. The molecule has 0 unspecified atom stereocenters. The molecule has 2 aliphatic heterocycles. The summed E-state index contributed by atoms with van der Waals surface area (Å²) in [5, 5.41) is 9.80. The second-order valence-corrected chi connectivity index (χ2v) is 7.49. The van der Waals surface area contributed by atoms with Gasteiger partial charge in [-0.1, -0.05) is 26.7 Å². The number of unbranched alkanes of at least 4 members (excludes halogenated alkanes) is 1. The van der Waals surface area contributed by atoms with Gasteiger partial charge in [-0.25, -0.2) is 9.59 Å². The summed E-state index contributed by atoms with van der Waals surface area (Å²) in [4.78, 5) is 24.1. The number of ether oxygens (including phenoxy) is 3. The smallest absolute Gasteiger partial charge is 0.333 e. The van der Waals surface area contributed by atoms with Gasteiger partial charge < -0.3 is 19.3 Å². The summed E-state index contributed by atoms with van der Waals surface area (Å²) in [5.41, 5.74) is -0.214. The van der Waals surface area contributed by atoms with Gasteiger partial charge in [-0.2, -0.15) is 0 Å². The Balaban J connectivity index is 2.04. The van der Waals surface area contributed by atoms with E-state index in [1.54, 1.807) is 13.0 Å². The van der Waals surface area contributed by atoms with Gasteiger partial charge in [-0.3, -0.25) is 0 Å². The predicted molar refractivity (Wildman–Crippen MR) is 96.3 cm³/mol. The van der Waals surface area contributed by atoms with E-state index in [4.69, 9.17) is 14.2 Å². The second-order valence-electron chi connectivity index (χ2n) is 7.49. The first-order valence-electron chi connectivity index (χ1n) is 9.33. The summed E-state index contributed by atoms with van der Waals surface area (Å²) < 4.78 is 17.1. The summed E-state index contributed by atoms with van der Waals surface area (Å²) >= 11 is 0. The van der Waals surface area contributed by atoms with E-state index >= 15 is 0 Å². The Hall–Kier alpha value is -1.66. The lowest BCUT2D eigenvalue weighted by Crippen LogP contribution is -2.61. The van der Waals surface area contributed by atoms with Crippen molar-refractivity contribution in [3.05, 3.63) is 23.8 Å². The first-order valence-corrected chi connectivity index (χ1v) is 9.33. The van der Waals surface area contributed by atoms with Crippen LogP contribution < -0.4 is 0 Å². The lowest BCUT2D eigenvalue weighted by atomic mass is 9.78. The molecule has 6 heteroatoms. The molecule has 0 aliphatic carbocycles. The van der Waals surface area contributed by atoms with Crippen molar-refractivity contribution in [2.45, 2.75) is 83.9 Å². The summed E-state index contributed by atoms with van der Waals surface area (Å²) in [6.45, 7) is 9.35. The number of rotatable bonds is 6. The number of aliphatic hydroxyl groups is 1. The Kier molecular flexibility index (Phi) is 6.64. The molecule has 2 aliphatic rings. The molecule has 2 rings (SSSR count). The van der Waals surface area contributed by atoms with Crippen molar-refractivity contribution in [2.24, 2.45) is 5.92 Å². The van der Waals surface area contributed by atoms with E-state index in [0.717, 1.165) is 12.8 Å². The minimum absolute atomic E-state index is 0.223. The molecule has 0 saturated carbocycles. The molecule has 0 bridgehead atoms. The normalized spacial score (nSPS) is 35.5. The van der Waals surface area contributed by atoms with E-state index in [9.17, 15) is 14.7 Å². The second kappa shape index (κ2) is 8.35. The van der Waals surface area contributed by atoms with Crippen LogP contribution in [0.1, 0.15) is 53.9 Å². The van der Waals surface area contributed by atoms with Crippen LogP contribution in [0.15, 0.2) is 23.8 Å². The fourth-order valence-electron chi connectivity index (χ4n) is 3.77. The molecule has 146 valence electrons. The Morgan fingerprint density at radius 1 is 1.46 bits per heavy atom. The summed E-state index contributed by atoms with van der Waals surface area (Å²) in [6, 6.07) is 0. The molecule has 6 atom stereocenters. The lowest BCUT2D eigenvalue weighted by Gasteiger charge is -2.50. The molecular formula is C20H30O6. The number of carbonyl (C=O) groups excluding carboxylic acids is 2. The highest BCUT2D eigenvalue weighted by Gasteiger charge is 2.53. The van der Waals surface area contributed by atoms with Crippen LogP contribution in [0, 0.1) is 5.92 Å². The van der Waals surface area contributed by atoms with E-state index in [2.05, 4.69) is 0 Å². The SMILES string of the molecule is CCCC[C@H](O)/C=C/C(=O)O[C@@H]1[C@@H](C)[C@@H]2OC(=O)C(C)=C[C@@]2(C)O[C@H]1C. The molecule has 0 spiro atoms. The zero-order valence-corrected chi connectivity index (χ0v) is 16.2. The topological polar surface area (TPSA) is 82.1 Å². The number of hydrogen-bond donors (Lipinski definition) is 1. The number of hydrogen-bond acceptors (Lipinski definition) is 6. The maximum Gasteiger partial charge on any atom is 0.333 e. The van der Waals surface area contributed by atoms with Crippen molar-refractivity contribution in [2.75, 3.05) is 0 Å². The third-order valence-corrected chi connectivity index (χ3v) is 5.08. The zero-order chi connectivity index (χ0) is 19.5. The van der Waals surface area contributed by atoms with Crippen molar-refractivity contribution in [3.63, 3.8) is 0 Å². The lowest BCUT2D eigenvalue weighted by molar-refractivity contribution is -0.239. The molecule has 0 aromatic rings. The monoisotopic (exact) mass is 366 g/mol. The summed E-state index contributed by atoms with van der Waals surface area (Å²) in [6.07, 6.45) is 4.91. The van der Waals surface area contributed by atoms with Crippen molar-refractivity contribution >= 4 is 11.9 Å². The molecule has 0 aromatic heterocycles. The largest absolute Gasteiger partial charge is 0.456 e. The van der Waals surface area contributed by atoms with Crippen LogP contribution in [0.25, 0.3) is 0 Å². The molecule has 1 fully saturated rings. The van der Waals surface area contributed by atoms with Crippen molar-refractivity contribution in [3.8, 4) is 0 Å². The first-order chi connectivity index (χ1) is 12.2. The Labute approximate surface area is 155 Å². The van der Waals surface area contributed by atoms with Gasteiger partial charge in [-0.05, 0) is 39.3 Å². The van der Waals surface area contributed by atoms with Crippen molar-refractivity contribution < 1.29 is 28.9 Å².